The first kappa shape index (κ1) is 13.5. The summed E-state index contributed by atoms with van der Waals surface area (Å²) in [4.78, 5) is 11.9. The van der Waals surface area contributed by atoms with Gasteiger partial charge in [0, 0.05) is 13.7 Å². The number of hydrogen-bond acceptors (Lipinski definition) is 4. The van der Waals surface area contributed by atoms with E-state index >= 15 is 0 Å². The van der Waals surface area contributed by atoms with Gasteiger partial charge in [0.2, 0.25) is 0 Å². The van der Waals surface area contributed by atoms with E-state index in [1.807, 2.05) is 6.92 Å². The first-order valence-electron chi connectivity index (χ1n) is 6.15. The summed E-state index contributed by atoms with van der Waals surface area (Å²) < 4.78 is 10.2. The monoisotopic (exact) mass is 229 g/mol. The zero-order valence-corrected chi connectivity index (χ0v) is 10.3. The van der Waals surface area contributed by atoms with Crippen molar-refractivity contribution in [1.29, 1.82) is 0 Å². The molecule has 0 aromatic rings. The predicted molar refractivity (Wildman–Crippen MR) is 62.2 cm³/mol. The maximum Gasteiger partial charge on any atom is 0.309 e. The molecule has 1 aliphatic heterocycles. The molecule has 4 nitrogen and oxygen atoms in total. The van der Waals surface area contributed by atoms with Crippen molar-refractivity contribution in [3.8, 4) is 0 Å². The highest BCUT2D eigenvalue weighted by molar-refractivity contribution is 5.72. The number of piperidine rings is 1. The molecular formula is C12H23NO3. The van der Waals surface area contributed by atoms with Crippen molar-refractivity contribution in [2.24, 2.45) is 11.8 Å². The number of hydrogen-bond donors (Lipinski definition) is 1. The minimum atomic E-state index is -0.0496. The van der Waals surface area contributed by atoms with Crippen LogP contribution >= 0.6 is 0 Å². The lowest BCUT2D eigenvalue weighted by molar-refractivity contribution is -0.151. The van der Waals surface area contributed by atoms with Gasteiger partial charge in [0.25, 0.3) is 0 Å². The first-order valence-corrected chi connectivity index (χ1v) is 6.15. The third-order valence-electron chi connectivity index (χ3n) is 3.18. The van der Waals surface area contributed by atoms with Crippen LogP contribution < -0.4 is 5.32 Å². The molecule has 0 aromatic carbocycles. The molecule has 0 radical (unpaired) electrons. The number of nitrogens with one attached hydrogen (secondary N) is 1. The molecule has 1 aliphatic rings. The zero-order valence-electron chi connectivity index (χ0n) is 10.3. The fourth-order valence-corrected chi connectivity index (χ4v) is 2.29. The molecule has 94 valence electrons. The van der Waals surface area contributed by atoms with Crippen LogP contribution in [0.1, 0.15) is 26.2 Å². The topological polar surface area (TPSA) is 47.6 Å². The van der Waals surface area contributed by atoms with Crippen LogP contribution in [0.15, 0.2) is 0 Å². The summed E-state index contributed by atoms with van der Waals surface area (Å²) >= 11 is 0. The van der Waals surface area contributed by atoms with E-state index in [1.54, 1.807) is 7.11 Å². The van der Waals surface area contributed by atoms with Gasteiger partial charge in [-0.15, -0.1) is 0 Å². The number of rotatable bonds is 6. The Balaban J connectivity index is 2.50. The quantitative estimate of drug-likeness (QED) is 0.695. The number of carbonyl (C=O) groups excluding carboxylic acids is 1. The molecule has 1 saturated heterocycles. The second-order valence-corrected chi connectivity index (χ2v) is 4.23. The third-order valence-corrected chi connectivity index (χ3v) is 3.18. The van der Waals surface area contributed by atoms with Crippen molar-refractivity contribution in [2.45, 2.75) is 26.2 Å². The van der Waals surface area contributed by atoms with Gasteiger partial charge in [-0.3, -0.25) is 4.79 Å². The van der Waals surface area contributed by atoms with Crippen LogP contribution in [0, 0.1) is 11.8 Å². The average molecular weight is 229 g/mol. The van der Waals surface area contributed by atoms with Crippen LogP contribution in [0.5, 0.6) is 0 Å². The van der Waals surface area contributed by atoms with Crippen LogP contribution in [0.2, 0.25) is 0 Å². The Morgan fingerprint density at radius 1 is 1.44 bits per heavy atom. The van der Waals surface area contributed by atoms with E-state index in [0.29, 0.717) is 19.1 Å². The summed E-state index contributed by atoms with van der Waals surface area (Å²) in [6, 6.07) is 0. The summed E-state index contributed by atoms with van der Waals surface area (Å²) in [7, 11) is 1.67. The third kappa shape index (κ3) is 4.10. The van der Waals surface area contributed by atoms with Gasteiger partial charge in [0.1, 0.15) is 0 Å². The van der Waals surface area contributed by atoms with Crippen molar-refractivity contribution in [3.63, 3.8) is 0 Å². The summed E-state index contributed by atoms with van der Waals surface area (Å²) in [5.41, 5.74) is 0. The molecule has 0 aromatic heterocycles. The fourth-order valence-electron chi connectivity index (χ4n) is 2.29. The standard InChI is InChI=1S/C12H23NO3/c1-3-16-12(14)11(6-9-15-2)10-4-7-13-8-5-10/h10-11,13H,3-9H2,1-2H3. The second kappa shape index (κ2) is 7.63. The second-order valence-electron chi connectivity index (χ2n) is 4.23. The van der Waals surface area contributed by atoms with E-state index in [1.165, 1.54) is 0 Å². The molecule has 4 heteroatoms. The molecular weight excluding hydrogens is 206 g/mol. The van der Waals surface area contributed by atoms with E-state index < -0.39 is 0 Å². The summed E-state index contributed by atoms with van der Waals surface area (Å²) in [5.74, 6) is 0.420. The van der Waals surface area contributed by atoms with E-state index in [2.05, 4.69) is 5.32 Å². The lowest BCUT2D eigenvalue weighted by Crippen LogP contribution is -2.36. The van der Waals surface area contributed by atoms with Crippen molar-refractivity contribution in [2.75, 3.05) is 33.4 Å². The Bertz CT molecular complexity index is 202. The van der Waals surface area contributed by atoms with Gasteiger partial charge in [0.15, 0.2) is 0 Å². The normalized spacial score (nSPS) is 19.4. The van der Waals surface area contributed by atoms with Crippen LogP contribution in [0.3, 0.4) is 0 Å². The van der Waals surface area contributed by atoms with Crippen molar-refractivity contribution >= 4 is 5.97 Å². The highest BCUT2D eigenvalue weighted by atomic mass is 16.5. The average Bonchev–Trinajstić information content (AvgIpc) is 2.31. The summed E-state index contributed by atoms with van der Waals surface area (Å²) in [6.07, 6.45) is 2.90. The smallest absolute Gasteiger partial charge is 0.309 e. The Hall–Kier alpha value is -0.610. The first-order chi connectivity index (χ1) is 7.79. The van der Waals surface area contributed by atoms with Crippen LogP contribution in [0.25, 0.3) is 0 Å². The molecule has 1 heterocycles. The van der Waals surface area contributed by atoms with Gasteiger partial charge >= 0.3 is 5.97 Å². The van der Waals surface area contributed by atoms with Gasteiger partial charge < -0.3 is 14.8 Å². The van der Waals surface area contributed by atoms with E-state index in [-0.39, 0.29) is 11.9 Å². The van der Waals surface area contributed by atoms with Crippen LogP contribution in [-0.2, 0) is 14.3 Å². The van der Waals surface area contributed by atoms with Crippen LogP contribution in [0.4, 0.5) is 0 Å². The largest absolute Gasteiger partial charge is 0.466 e. The molecule has 0 aliphatic carbocycles. The highest BCUT2D eigenvalue weighted by Crippen LogP contribution is 2.26. The van der Waals surface area contributed by atoms with Gasteiger partial charge in [0.05, 0.1) is 12.5 Å². The molecule has 1 fully saturated rings. The number of methoxy groups -OCH3 is 1. The van der Waals surface area contributed by atoms with Gasteiger partial charge in [-0.2, -0.15) is 0 Å². The summed E-state index contributed by atoms with van der Waals surface area (Å²) in [5, 5.41) is 3.31. The van der Waals surface area contributed by atoms with Crippen LogP contribution in [-0.4, -0.2) is 39.4 Å². The van der Waals surface area contributed by atoms with E-state index in [4.69, 9.17) is 9.47 Å². The maximum absolute atomic E-state index is 11.9. The van der Waals surface area contributed by atoms with Crippen molar-refractivity contribution in [3.05, 3.63) is 0 Å². The lowest BCUT2D eigenvalue weighted by atomic mass is 9.83. The molecule has 0 saturated carbocycles. The molecule has 0 spiro atoms. The van der Waals surface area contributed by atoms with Crippen molar-refractivity contribution < 1.29 is 14.3 Å². The lowest BCUT2D eigenvalue weighted by Gasteiger charge is -2.29. The van der Waals surface area contributed by atoms with E-state index in [9.17, 15) is 4.79 Å². The molecule has 1 rings (SSSR count). The summed E-state index contributed by atoms with van der Waals surface area (Å²) in [6.45, 7) is 4.97. The fraction of sp³-hybridized carbons (Fsp3) is 0.917. The number of ether oxygens (including phenoxy) is 2. The zero-order chi connectivity index (χ0) is 11.8. The Kier molecular flexibility index (Phi) is 6.42. The van der Waals surface area contributed by atoms with Gasteiger partial charge in [-0.25, -0.2) is 0 Å². The minimum Gasteiger partial charge on any atom is -0.466 e. The molecule has 0 bridgehead atoms. The predicted octanol–water partition coefficient (Wildman–Crippen LogP) is 1.20. The molecule has 16 heavy (non-hydrogen) atoms. The van der Waals surface area contributed by atoms with E-state index in [0.717, 1.165) is 32.4 Å². The molecule has 1 unspecified atom stereocenters. The number of carbonyl (C=O) groups is 1. The van der Waals surface area contributed by atoms with Gasteiger partial charge in [-0.1, -0.05) is 0 Å². The number of esters is 1. The Morgan fingerprint density at radius 3 is 2.69 bits per heavy atom. The molecule has 1 N–H and O–H groups in total. The minimum absolute atomic E-state index is 0.0157. The Morgan fingerprint density at radius 2 is 2.12 bits per heavy atom. The molecule has 0 amide bonds. The highest BCUT2D eigenvalue weighted by Gasteiger charge is 2.30. The molecule has 1 atom stereocenters. The van der Waals surface area contributed by atoms with Crippen molar-refractivity contribution in [1.82, 2.24) is 5.32 Å². The van der Waals surface area contributed by atoms with Gasteiger partial charge in [-0.05, 0) is 45.2 Å². The SMILES string of the molecule is CCOC(=O)C(CCOC)C1CCNCC1. The Labute approximate surface area is 97.7 Å². The maximum atomic E-state index is 11.9.